The SMILES string of the molecule is C=CCN(CC=C)c1nc(N)c2c(n1)C(N)=NC(CC=C)(N1CCN(C(c3ccc(F)cc3)c3ccc(F)cc3)CC1)N2. The van der Waals surface area contributed by atoms with Gasteiger partial charge in [-0.25, -0.2) is 18.8 Å². The van der Waals surface area contributed by atoms with Gasteiger partial charge in [0.25, 0.3) is 0 Å². The number of nitrogens with zero attached hydrogens (tertiary/aromatic N) is 6. The Morgan fingerprint density at radius 1 is 0.860 bits per heavy atom. The van der Waals surface area contributed by atoms with E-state index < -0.39 is 5.79 Å². The molecule has 1 unspecified atom stereocenters. The molecule has 3 heterocycles. The predicted molar refractivity (Wildman–Crippen MR) is 169 cm³/mol. The Hall–Kier alpha value is -4.61. The highest BCUT2D eigenvalue weighted by atomic mass is 19.1. The number of halogens is 2. The number of hydrogen-bond acceptors (Lipinski definition) is 9. The number of piperazine rings is 1. The van der Waals surface area contributed by atoms with Gasteiger partial charge in [0.2, 0.25) is 5.95 Å². The van der Waals surface area contributed by atoms with Crippen molar-refractivity contribution in [3.05, 3.63) is 115 Å². The molecule has 5 N–H and O–H groups in total. The maximum Gasteiger partial charge on any atom is 0.228 e. The lowest BCUT2D eigenvalue weighted by atomic mass is 9.96. The topological polar surface area (TPSA) is 112 Å². The number of nitrogens with two attached hydrogens (primary N) is 2. The molecule has 0 spiro atoms. The minimum Gasteiger partial charge on any atom is -0.382 e. The monoisotopic (exact) mass is 585 g/mol. The first-order chi connectivity index (χ1) is 20.8. The first-order valence-corrected chi connectivity index (χ1v) is 14.2. The van der Waals surface area contributed by atoms with Gasteiger partial charge in [0.15, 0.2) is 17.4 Å². The summed E-state index contributed by atoms with van der Waals surface area (Å²) in [5.41, 5.74) is 15.9. The van der Waals surface area contributed by atoms with Crippen LogP contribution in [-0.4, -0.2) is 70.7 Å². The van der Waals surface area contributed by atoms with Crippen LogP contribution in [-0.2, 0) is 0 Å². The summed E-state index contributed by atoms with van der Waals surface area (Å²) in [6.45, 7) is 15.2. The van der Waals surface area contributed by atoms with Gasteiger partial charge in [-0.15, -0.1) is 19.7 Å². The molecule has 9 nitrogen and oxygen atoms in total. The molecule has 0 aliphatic carbocycles. The van der Waals surface area contributed by atoms with Gasteiger partial charge in [0.05, 0.1) is 6.04 Å². The summed E-state index contributed by atoms with van der Waals surface area (Å²) in [6, 6.07) is 12.8. The van der Waals surface area contributed by atoms with Gasteiger partial charge in [-0.3, -0.25) is 9.80 Å². The Morgan fingerprint density at radius 2 is 1.42 bits per heavy atom. The number of aromatic nitrogens is 2. The molecule has 224 valence electrons. The van der Waals surface area contributed by atoms with Crippen LogP contribution < -0.4 is 21.7 Å². The molecule has 0 bridgehead atoms. The predicted octanol–water partition coefficient (Wildman–Crippen LogP) is 4.28. The number of rotatable bonds is 11. The Bertz CT molecular complexity index is 1440. The smallest absolute Gasteiger partial charge is 0.228 e. The molecular weight excluding hydrogens is 548 g/mol. The standard InChI is InChI=1S/C32H37F2N9/c1-4-15-32(39-27-26(30(36)40-32)37-31(38-29(27)35)42(16-5-2)17-6-3)43-20-18-41(19-21-43)28(22-7-11-24(33)12-8-22)23-9-13-25(34)14-10-23/h4-14,28,39H,1-3,15-21H2,(H2,36,40)(H2,35,37,38). The third-order valence-electron chi connectivity index (χ3n) is 7.78. The van der Waals surface area contributed by atoms with E-state index in [4.69, 9.17) is 21.4 Å². The van der Waals surface area contributed by atoms with Crippen LogP contribution in [0.25, 0.3) is 0 Å². The second kappa shape index (κ2) is 12.7. The fraction of sp³-hybridized carbons (Fsp3) is 0.281. The molecule has 43 heavy (non-hydrogen) atoms. The average Bonchev–Trinajstić information content (AvgIpc) is 3.00. The molecular formula is C32H37F2N9. The van der Waals surface area contributed by atoms with Gasteiger partial charge in [-0.05, 0) is 35.4 Å². The van der Waals surface area contributed by atoms with Crippen LogP contribution >= 0.6 is 0 Å². The zero-order chi connectivity index (χ0) is 30.6. The van der Waals surface area contributed by atoms with E-state index in [2.05, 4.69) is 39.8 Å². The van der Waals surface area contributed by atoms with Gasteiger partial charge < -0.3 is 21.7 Å². The van der Waals surface area contributed by atoms with Crippen LogP contribution in [0.15, 0.2) is 91.5 Å². The molecule has 3 aromatic rings. The Labute approximate surface area is 250 Å². The molecule has 0 amide bonds. The van der Waals surface area contributed by atoms with Gasteiger partial charge in [-0.2, -0.15) is 4.98 Å². The fourth-order valence-electron chi connectivity index (χ4n) is 5.78. The first kappa shape index (κ1) is 29.9. The van der Waals surface area contributed by atoms with E-state index in [1.807, 2.05) is 4.90 Å². The third kappa shape index (κ3) is 6.13. The number of hydrogen-bond donors (Lipinski definition) is 3. The van der Waals surface area contributed by atoms with E-state index in [1.165, 1.54) is 24.3 Å². The van der Waals surface area contributed by atoms with Gasteiger partial charge in [0.1, 0.15) is 23.0 Å². The van der Waals surface area contributed by atoms with Gasteiger partial charge in [0, 0.05) is 45.7 Å². The highest BCUT2D eigenvalue weighted by Crippen LogP contribution is 2.37. The first-order valence-electron chi connectivity index (χ1n) is 14.2. The number of fused-ring (bicyclic) bond motifs is 1. The molecule has 2 aliphatic heterocycles. The van der Waals surface area contributed by atoms with Crippen molar-refractivity contribution in [3.8, 4) is 0 Å². The highest BCUT2D eigenvalue weighted by molar-refractivity contribution is 6.04. The maximum absolute atomic E-state index is 13.8. The van der Waals surface area contributed by atoms with Gasteiger partial charge >= 0.3 is 0 Å². The average molecular weight is 586 g/mol. The molecule has 2 aromatic carbocycles. The van der Waals surface area contributed by atoms with Crippen LogP contribution in [0.4, 0.5) is 26.2 Å². The van der Waals surface area contributed by atoms with Crippen molar-refractivity contribution < 1.29 is 8.78 Å². The van der Waals surface area contributed by atoms with Crippen LogP contribution in [0.1, 0.15) is 29.3 Å². The summed E-state index contributed by atoms with van der Waals surface area (Å²) >= 11 is 0. The van der Waals surface area contributed by atoms with E-state index in [1.54, 1.807) is 42.5 Å². The minimum atomic E-state index is -0.937. The van der Waals surface area contributed by atoms with Crippen molar-refractivity contribution in [2.24, 2.45) is 10.7 Å². The zero-order valence-electron chi connectivity index (χ0n) is 24.1. The lowest BCUT2D eigenvalue weighted by Crippen LogP contribution is -2.62. The second-order valence-electron chi connectivity index (χ2n) is 10.6. The van der Waals surface area contributed by atoms with Crippen molar-refractivity contribution >= 4 is 23.3 Å². The van der Waals surface area contributed by atoms with E-state index in [9.17, 15) is 8.78 Å². The van der Waals surface area contributed by atoms with E-state index in [-0.39, 0.29) is 29.3 Å². The Balaban J connectivity index is 1.42. The largest absolute Gasteiger partial charge is 0.382 e. The summed E-state index contributed by atoms with van der Waals surface area (Å²) in [6.07, 6.45) is 5.75. The zero-order valence-corrected chi connectivity index (χ0v) is 24.1. The maximum atomic E-state index is 13.8. The molecule has 0 radical (unpaired) electrons. The second-order valence-corrected chi connectivity index (χ2v) is 10.6. The van der Waals surface area contributed by atoms with E-state index in [0.29, 0.717) is 63.0 Å². The number of nitrogen functional groups attached to an aromatic ring is 1. The third-order valence-corrected chi connectivity index (χ3v) is 7.78. The fourth-order valence-corrected chi connectivity index (χ4v) is 5.78. The molecule has 1 atom stereocenters. The number of benzene rings is 2. The normalized spacial score (nSPS) is 18.8. The van der Waals surface area contributed by atoms with Crippen molar-refractivity contribution in [2.75, 3.05) is 55.2 Å². The van der Waals surface area contributed by atoms with Crippen LogP contribution in [0, 0.1) is 11.6 Å². The van der Waals surface area contributed by atoms with Gasteiger partial charge in [-0.1, -0.05) is 42.5 Å². The number of amidine groups is 1. The molecule has 1 aromatic heterocycles. The van der Waals surface area contributed by atoms with Crippen molar-refractivity contribution in [3.63, 3.8) is 0 Å². The summed E-state index contributed by atoms with van der Waals surface area (Å²) in [5, 5.41) is 3.51. The van der Waals surface area contributed by atoms with Crippen molar-refractivity contribution in [1.29, 1.82) is 0 Å². The molecule has 5 rings (SSSR count). The Morgan fingerprint density at radius 3 is 1.93 bits per heavy atom. The van der Waals surface area contributed by atoms with Crippen LogP contribution in [0.5, 0.6) is 0 Å². The van der Waals surface area contributed by atoms with Crippen molar-refractivity contribution in [1.82, 2.24) is 19.8 Å². The van der Waals surface area contributed by atoms with Crippen LogP contribution in [0.3, 0.4) is 0 Å². The lowest BCUT2D eigenvalue weighted by Gasteiger charge is -2.48. The molecule has 1 fully saturated rings. The quantitative estimate of drug-likeness (QED) is 0.286. The molecule has 1 saturated heterocycles. The molecule has 11 heteroatoms. The van der Waals surface area contributed by atoms with Crippen LogP contribution in [0.2, 0.25) is 0 Å². The van der Waals surface area contributed by atoms with Crippen molar-refractivity contribution in [2.45, 2.75) is 18.2 Å². The van der Waals surface area contributed by atoms with E-state index in [0.717, 1.165) is 11.1 Å². The molecule has 0 saturated carbocycles. The minimum absolute atomic E-state index is 0.177. The molecule has 2 aliphatic rings. The summed E-state index contributed by atoms with van der Waals surface area (Å²) in [5.74, 6) is -0.624. The highest BCUT2D eigenvalue weighted by Gasteiger charge is 2.43. The number of aliphatic imine (C=N–C) groups is 1. The summed E-state index contributed by atoms with van der Waals surface area (Å²) in [4.78, 5) is 20.6. The number of nitrogens with one attached hydrogen (secondary N) is 1. The summed E-state index contributed by atoms with van der Waals surface area (Å²) < 4.78 is 27.6. The summed E-state index contributed by atoms with van der Waals surface area (Å²) in [7, 11) is 0. The number of anilines is 3. The Kier molecular flexibility index (Phi) is 8.84. The van der Waals surface area contributed by atoms with E-state index >= 15 is 0 Å². The lowest BCUT2D eigenvalue weighted by molar-refractivity contribution is 0.0410.